The summed E-state index contributed by atoms with van der Waals surface area (Å²) in [5.41, 5.74) is 2.87. The van der Waals surface area contributed by atoms with Gasteiger partial charge in [0.1, 0.15) is 13.2 Å². The molecule has 30 heavy (non-hydrogen) atoms. The van der Waals surface area contributed by atoms with E-state index >= 15 is 0 Å². The Morgan fingerprint density at radius 1 is 1.17 bits per heavy atom. The molecule has 154 valence electrons. The second-order valence-electron chi connectivity index (χ2n) is 7.08. The van der Waals surface area contributed by atoms with E-state index in [0.29, 0.717) is 19.8 Å². The molecule has 7 nitrogen and oxygen atoms in total. The van der Waals surface area contributed by atoms with Crippen molar-refractivity contribution in [3.05, 3.63) is 58.5 Å². The van der Waals surface area contributed by atoms with Crippen molar-refractivity contribution >= 4 is 17.6 Å². The first-order valence-electron chi connectivity index (χ1n) is 10.0. The van der Waals surface area contributed by atoms with Crippen LogP contribution in [-0.4, -0.2) is 48.3 Å². The summed E-state index contributed by atoms with van der Waals surface area (Å²) in [6.07, 6.45) is 7.68. The van der Waals surface area contributed by atoms with Crippen LogP contribution in [0.25, 0.3) is 11.3 Å². The van der Waals surface area contributed by atoms with Gasteiger partial charge >= 0.3 is 0 Å². The summed E-state index contributed by atoms with van der Waals surface area (Å²) in [7, 11) is 0. The topological polar surface area (TPSA) is 70.2 Å². The van der Waals surface area contributed by atoms with Crippen LogP contribution in [0.4, 0.5) is 0 Å². The molecule has 0 radical (unpaired) electrons. The molecule has 1 atom stereocenters. The molecule has 3 aromatic rings. The van der Waals surface area contributed by atoms with Gasteiger partial charge in [0.25, 0.3) is 0 Å². The lowest BCUT2D eigenvalue weighted by atomic mass is 10.1. The van der Waals surface area contributed by atoms with Crippen LogP contribution in [-0.2, 0) is 4.74 Å². The fourth-order valence-corrected chi connectivity index (χ4v) is 4.31. The Balaban J connectivity index is 1.53. The molecule has 0 N–H and O–H groups in total. The van der Waals surface area contributed by atoms with Crippen LogP contribution in [0.1, 0.15) is 18.4 Å². The van der Waals surface area contributed by atoms with Gasteiger partial charge in [0.15, 0.2) is 11.5 Å². The molecule has 5 rings (SSSR count). The molecule has 0 aliphatic carbocycles. The third kappa shape index (κ3) is 4.15. The summed E-state index contributed by atoms with van der Waals surface area (Å²) in [6, 6.07) is 9.83. The highest BCUT2D eigenvalue weighted by molar-refractivity contribution is 7.07. The van der Waals surface area contributed by atoms with Crippen molar-refractivity contribution in [2.24, 2.45) is 10.1 Å². The highest BCUT2D eigenvalue weighted by Crippen LogP contribution is 2.34. The van der Waals surface area contributed by atoms with E-state index in [9.17, 15) is 0 Å². The summed E-state index contributed by atoms with van der Waals surface area (Å²) >= 11 is 1.57. The Morgan fingerprint density at radius 2 is 2.10 bits per heavy atom. The van der Waals surface area contributed by atoms with Crippen molar-refractivity contribution in [3.63, 3.8) is 0 Å². The summed E-state index contributed by atoms with van der Waals surface area (Å²) < 4.78 is 19.0. The summed E-state index contributed by atoms with van der Waals surface area (Å²) in [5.74, 6) is 1.53. The van der Waals surface area contributed by atoms with Gasteiger partial charge in [-0.2, -0.15) is 5.10 Å². The number of nitrogens with zero attached hydrogens (tertiary/aromatic N) is 4. The molecule has 2 aliphatic rings. The quantitative estimate of drug-likeness (QED) is 0.592. The summed E-state index contributed by atoms with van der Waals surface area (Å²) in [4.78, 5) is 9.79. The zero-order chi connectivity index (χ0) is 20.2. The number of hydrogen-bond donors (Lipinski definition) is 0. The van der Waals surface area contributed by atoms with Crippen LogP contribution in [0.5, 0.6) is 11.5 Å². The molecule has 4 heterocycles. The highest BCUT2D eigenvalue weighted by atomic mass is 32.1. The van der Waals surface area contributed by atoms with Crippen molar-refractivity contribution in [1.29, 1.82) is 0 Å². The average molecular weight is 423 g/mol. The molecule has 0 amide bonds. The zero-order valence-electron chi connectivity index (χ0n) is 16.4. The number of ether oxygens (including phenoxy) is 3. The van der Waals surface area contributed by atoms with E-state index < -0.39 is 0 Å². The fraction of sp³-hybridized carbons (Fsp3) is 0.318. The number of aromatic nitrogens is 2. The molecule has 0 saturated carbocycles. The standard InChI is InChI=1S/C22H22N4O3S/c1-3-16(12-23-7-1)13-25-26-19(15-30-22(26)24-14-18-4-2-8-27-18)17-5-6-20-21(11-17)29-10-9-28-20/h1,3,5-7,11-13,15,18H,2,4,8-10,14H2/b24-22?,25-13-/t18-/m1/s1. The Bertz CT molecular complexity index is 1100. The third-order valence-electron chi connectivity index (χ3n) is 4.98. The van der Waals surface area contributed by atoms with Gasteiger partial charge < -0.3 is 14.2 Å². The number of rotatable bonds is 5. The lowest BCUT2D eigenvalue weighted by molar-refractivity contribution is 0.117. The minimum absolute atomic E-state index is 0.195. The monoisotopic (exact) mass is 422 g/mol. The molecule has 1 aromatic carbocycles. The Hall–Kier alpha value is -2.97. The van der Waals surface area contributed by atoms with Crippen LogP contribution in [0.2, 0.25) is 0 Å². The minimum Gasteiger partial charge on any atom is -0.486 e. The molecule has 0 spiro atoms. The van der Waals surface area contributed by atoms with E-state index in [4.69, 9.17) is 24.3 Å². The predicted octanol–water partition coefficient (Wildman–Crippen LogP) is 3.34. The van der Waals surface area contributed by atoms with Crippen molar-refractivity contribution in [3.8, 4) is 22.8 Å². The van der Waals surface area contributed by atoms with Gasteiger partial charge in [-0.25, -0.2) is 4.68 Å². The Labute approximate surface area is 178 Å². The minimum atomic E-state index is 0.195. The van der Waals surface area contributed by atoms with Crippen LogP contribution in [0.3, 0.4) is 0 Å². The molecule has 2 aliphatic heterocycles. The molecular weight excluding hydrogens is 400 g/mol. The van der Waals surface area contributed by atoms with Gasteiger partial charge in [0.05, 0.1) is 24.6 Å². The molecule has 8 heteroatoms. The van der Waals surface area contributed by atoms with Gasteiger partial charge in [0, 0.05) is 35.5 Å². The highest BCUT2D eigenvalue weighted by Gasteiger charge is 2.17. The van der Waals surface area contributed by atoms with Crippen molar-refractivity contribution in [2.45, 2.75) is 18.9 Å². The molecule has 1 saturated heterocycles. The maximum atomic E-state index is 5.76. The largest absolute Gasteiger partial charge is 0.486 e. The van der Waals surface area contributed by atoms with E-state index in [2.05, 4.69) is 10.4 Å². The number of fused-ring (bicyclic) bond motifs is 1. The number of hydrogen-bond acceptors (Lipinski definition) is 7. The SMILES string of the molecule is C(=N/n1c(-c2ccc3c(c2)OCCO3)csc1=NC[C@H]1CCCO1)/c1cccnc1. The van der Waals surface area contributed by atoms with Crippen molar-refractivity contribution < 1.29 is 14.2 Å². The van der Waals surface area contributed by atoms with Crippen LogP contribution in [0.15, 0.2) is 58.2 Å². The predicted molar refractivity (Wildman–Crippen MR) is 115 cm³/mol. The lowest BCUT2D eigenvalue weighted by Crippen LogP contribution is -2.17. The summed E-state index contributed by atoms with van der Waals surface area (Å²) in [6.45, 7) is 2.60. The molecule has 0 bridgehead atoms. The van der Waals surface area contributed by atoms with Crippen molar-refractivity contribution in [1.82, 2.24) is 9.66 Å². The molecular formula is C22H22N4O3S. The smallest absolute Gasteiger partial charge is 0.206 e. The maximum Gasteiger partial charge on any atom is 0.206 e. The molecule has 1 fully saturated rings. The Kier molecular flexibility index (Phi) is 5.58. The van der Waals surface area contributed by atoms with Gasteiger partial charge in [-0.1, -0.05) is 6.07 Å². The van der Waals surface area contributed by atoms with Crippen LogP contribution in [0, 0.1) is 0 Å². The number of benzene rings is 1. The summed E-state index contributed by atoms with van der Waals surface area (Å²) in [5, 5.41) is 6.80. The van der Waals surface area contributed by atoms with Crippen molar-refractivity contribution in [2.75, 3.05) is 26.4 Å². The van der Waals surface area contributed by atoms with Gasteiger partial charge in [-0.05, 0) is 37.1 Å². The Morgan fingerprint density at radius 3 is 2.93 bits per heavy atom. The van der Waals surface area contributed by atoms with E-state index in [-0.39, 0.29) is 6.10 Å². The average Bonchev–Trinajstić information content (AvgIpc) is 3.46. The lowest BCUT2D eigenvalue weighted by Gasteiger charge is -2.18. The normalized spacial score (nSPS) is 18.9. The molecule has 0 unspecified atom stereocenters. The molecule has 2 aromatic heterocycles. The first-order chi connectivity index (χ1) is 14.9. The third-order valence-corrected chi connectivity index (χ3v) is 5.84. The second-order valence-corrected chi connectivity index (χ2v) is 7.92. The van der Waals surface area contributed by atoms with Gasteiger partial charge in [0.2, 0.25) is 4.80 Å². The van der Waals surface area contributed by atoms with E-state index in [1.807, 2.05) is 35.0 Å². The zero-order valence-corrected chi connectivity index (χ0v) is 17.3. The van der Waals surface area contributed by atoms with E-state index in [1.165, 1.54) is 0 Å². The van der Waals surface area contributed by atoms with Gasteiger partial charge in [-0.15, -0.1) is 11.3 Å². The maximum absolute atomic E-state index is 5.76. The second kappa shape index (κ2) is 8.81. The first-order valence-corrected chi connectivity index (χ1v) is 10.9. The fourth-order valence-electron chi connectivity index (χ4n) is 3.47. The van der Waals surface area contributed by atoms with E-state index in [1.54, 1.807) is 29.9 Å². The van der Waals surface area contributed by atoms with E-state index in [0.717, 1.165) is 52.6 Å². The van der Waals surface area contributed by atoms with Crippen LogP contribution < -0.4 is 14.3 Å². The van der Waals surface area contributed by atoms with Crippen LogP contribution >= 0.6 is 11.3 Å². The number of pyridine rings is 1. The first kappa shape index (κ1) is 19.0. The number of thiazole rings is 1. The van der Waals surface area contributed by atoms with Gasteiger partial charge in [-0.3, -0.25) is 9.98 Å².